The molecule has 1 amide bonds. The molecule has 1 N–H and O–H groups in total. The van der Waals surface area contributed by atoms with Crippen LogP contribution in [0.2, 0.25) is 0 Å². The van der Waals surface area contributed by atoms with E-state index in [1.807, 2.05) is 19.9 Å². The minimum absolute atomic E-state index is 0.0727. The average molecular weight is 410 g/mol. The lowest BCUT2D eigenvalue weighted by molar-refractivity contribution is -0.124. The molecule has 1 heterocycles. The van der Waals surface area contributed by atoms with Gasteiger partial charge in [-0.25, -0.2) is 12.7 Å². The Labute approximate surface area is 166 Å². The van der Waals surface area contributed by atoms with Gasteiger partial charge in [-0.3, -0.25) is 4.79 Å². The van der Waals surface area contributed by atoms with Gasteiger partial charge in [0.15, 0.2) is 18.1 Å². The normalized spacial score (nSPS) is 15.6. The molecule has 0 aliphatic carbocycles. The number of nitrogens with one attached hydrogen (secondary N) is 1. The molecule has 0 radical (unpaired) electrons. The highest BCUT2D eigenvalue weighted by atomic mass is 32.2. The Hall–Kier alpha value is -2.31. The first kappa shape index (κ1) is 22.0. The van der Waals surface area contributed by atoms with Crippen LogP contribution in [0.15, 0.2) is 18.2 Å². The van der Waals surface area contributed by atoms with Crippen LogP contribution in [-0.4, -0.2) is 56.7 Å². The maximum absolute atomic E-state index is 12.2. The van der Waals surface area contributed by atoms with Gasteiger partial charge in [-0.2, -0.15) is 5.26 Å². The summed E-state index contributed by atoms with van der Waals surface area (Å²) < 4.78 is 36.7. The molecule has 0 atom stereocenters. The Kier molecular flexibility index (Phi) is 8.08. The molecule has 0 aromatic heterocycles. The molecule has 28 heavy (non-hydrogen) atoms. The molecule has 1 aliphatic heterocycles. The summed E-state index contributed by atoms with van der Waals surface area (Å²) in [5, 5.41) is 11.9. The summed E-state index contributed by atoms with van der Waals surface area (Å²) in [6, 6.07) is 6.74. The van der Waals surface area contributed by atoms with Crippen molar-refractivity contribution in [1.82, 2.24) is 9.62 Å². The zero-order chi connectivity index (χ0) is 20.6. The molecule has 0 unspecified atom stereocenters. The molecule has 0 spiro atoms. The first-order valence-corrected chi connectivity index (χ1v) is 11.1. The van der Waals surface area contributed by atoms with E-state index in [1.54, 1.807) is 18.2 Å². The van der Waals surface area contributed by atoms with Gasteiger partial charge in [-0.05, 0) is 38.3 Å². The first-order chi connectivity index (χ1) is 13.4. The summed E-state index contributed by atoms with van der Waals surface area (Å²) in [4.78, 5) is 12.2. The maximum atomic E-state index is 12.2. The molecule has 1 fully saturated rings. The van der Waals surface area contributed by atoms with Crippen molar-refractivity contribution in [3.05, 3.63) is 23.8 Å². The predicted molar refractivity (Wildman–Crippen MR) is 105 cm³/mol. The van der Waals surface area contributed by atoms with Gasteiger partial charge in [0.05, 0.1) is 24.0 Å². The SMILES string of the molecule is CCCS(=O)(=O)N1CCC(NC(=O)COc2ccc(C#N)cc2OCC)CC1. The van der Waals surface area contributed by atoms with Gasteiger partial charge in [-0.1, -0.05) is 6.92 Å². The molecule has 2 rings (SSSR count). The van der Waals surface area contributed by atoms with Crippen molar-refractivity contribution in [2.24, 2.45) is 0 Å². The van der Waals surface area contributed by atoms with Crippen molar-refractivity contribution in [3.63, 3.8) is 0 Å². The molecule has 0 bridgehead atoms. The van der Waals surface area contributed by atoms with E-state index >= 15 is 0 Å². The van der Waals surface area contributed by atoms with Crippen LogP contribution >= 0.6 is 0 Å². The van der Waals surface area contributed by atoms with Crippen molar-refractivity contribution in [1.29, 1.82) is 5.26 Å². The van der Waals surface area contributed by atoms with Crippen LogP contribution in [0, 0.1) is 11.3 Å². The minimum Gasteiger partial charge on any atom is -0.490 e. The van der Waals surface area contributed by atoms with Crippen molar-refractivity contribution >= 4 is 15.9 Å². The van der Waals surface area contributed by atoms with Crippen LogP contribution in [0.5, 0.6) is 11.5 Å². The van der Waals surface area contributed by atoms with Gasteiger partial charge in [0.1, 0.15) is 0 Å². The summed E-state index contributed by atoms with van der Waals surface area (Å²) in [5.41, 5.74) is 0.449. The Balaban J connectivity index is 1.83. The highest BCUT2D eigenvalue weighted by molar-refractivity contribution is 7.89. The predicted octanol–water partition coefficient (Wildman–Crippen LogP) is 1.66. The third-order valence-electron chi connectivity index (χ3n) is 4.41. The lowest BCUT2D eigenvalue weighted by atomic mass is 10.1. The van der Waals surface area contributed by atoms with Crippen molar-refractivity contribution in [2.45, 2.75) is 39.2 Å². The second-order valence-corrected chi connectivity index (χ2v) is 8.64. The van der Waals surface area contributed by atoms with Crippen LogP contribution in [0.4, 0.5) is 0 Å². The van der Waals surface area contributed by atoms with E-state index in [0.29, 0.717) is 56.0 Å². The highest BCUT2D eigenvalue weighted by Gasteiger charge is 2.28. The summed E-state index contributed by atoms with van der Waals surface area (Å²) in [7, 11) is -3.19. The monoisotopic (exact) mass is 409 g/mol. The van der Waals surface area contributed by atoms with Gasteiger partial charge in [-0.15, -0.1) is 0 Å². The Morgan fingerprint density at radius 3 is 2.57 bits per heavy atom. The van der Waals surface area contributed by atoms with Gasteiger partial charge < -0.3 is 14.8 Å². The van der Waals surface area contributed by atoms with Gasteiger partial charge >= 0.3 is 0 Å². The largest absolute Gasteiger partial charge is 0.490 e. The number of amides is 1. The smallest absolute Gasteiger partial charge is 0.258 e. The van der Waals surface area contributed by atoms with E-state index in [1.165, 1.54) is 4.31 Å². The molecule has 1 aliphatic rings. The topological polar surface area (TPSA) is 109 Å². The highest BCUT2D eigenvalue weighted by Crippen LogP contribution is 2.28. The molecular weight excluding hydrogens is 382 g/mol. The number of piperidine rings is 1. The quantitative estimate of drug-likeness (QED) is 0.664. The number of hydrogen-bond donors (Lipinski definition) is 1. The number of nitriles is 1. The standard InChI is InChI=1S/C19H27N3O5S/c1-3-11-28(24,25)22-9-7-16(8-10-22)21-19(23)14-27-17-6-5-15(13-20)12-18(17)26-4-2/h5-6,12,16H,3-4,7-11,14H2,1-2H3,(H,21,23). The van der Waals surface area contributed by atoms with Gasteiger partial charge in [0.2, 0.25) is 10.0 Å². The third kappa shape index (κ3) is 6.11. The second-order valence-electron chi connectivity index (χ2n) is 6.55. The zero-order valence-electron chi connectivity index (χ0n) is 16.3. The van der Waals surface area contributed by atoms with Crippen LogP contribution < -0.4 is 14.8 Å². The Morgan fingerprint density at radius 1 is 1.25 bits per heavy atom. The third-order valence-corrected chi connectivity index (χ3v) is 6.48. The number of ether oxygens (including phenoxy) is 2. The average Bonchev–Trinajstić information content (AvgIpc) is 2.67. The number of rotatable bonds is 9. The van der Waals surface area contributed by atoms with E-state index in [0.717, 1.165) is 0 Å². The first-order valence-electron chi connectivity index (χ1n) is 9.46. The molecule has 8 nitrogen and oxygen atoms in total. The zero-order valence-corrected chi connectivity index (χ0v) is 17.1. The summed E-state index contributed by atoms with van der Waals surface area (Å²) >= 11 is 0. The lowest BCUT2D eigenvalue weighted by Gasteiger charge is -2.31. The summed E-state index contributed by atoms with van der Waals surface area (Å²) in [6.07, 6.45) is 1.75. The fourth-order valence-electron chi connectivity index (χ4n) is 3.04. The van der Waals surface area contributed by atoms with Crippen LogP contribution in [-0.2, 0) is 14.8 Å². The molecule has 1 saturated heterocycles. The molecule has 0 saturated carbocycles. The molecule has 1 aromatic rings. The lowest BCUT2D eigenvalue weighted by Crippen LogP contribution is -2.47. The van der Waals surface area contributed by atoms with E-state index in [9.17, 15) is 13.2 Å². The second kappa shape index (κ2) is 10.3. The fraction of sp³-hybridized carbons (Fsp3) is 0.579. The van der Waals surface area contributed by atoms with Gasteiger partial charge in [0.25, 0.3) is 5.91 Å². The number of carbonyl (C=O) groups is 1. The molecule has 1 aromatic carbocycles. The fourth-order valence-corrected chi connectivity index (χ4v) is 4.58. The van der Waals surface area contributed by atoms with Gasteiger partial charge in [0, 0.05) is 25.2 Å². The van der Waals surface area contributed by atoms with E-state index in [-0.39, 0.29) is 24.3 Å². The number of benzene rings is 1. The number of hydrogen-bond acceptors (Lipinski definition) is 6. The number of sulfonamides is 1. The summed E-state index contributed by atoms with van der Waals surface area (Å²) in [6.45, 7) is 4.73. The minimum atomic E-state index is -3.19. The van der Waals surface area contributed by atoms with E-state index in [2.05, 4.69) is 5.32 Å². The Bertz CT molecular complexity index is 811. The van der Waals surface area contributed by atoms with Crippen molar-refractivity contribution in [3.8, 4) is 17.6 Å². The molecule has 154 valence electrons. The molecular formula is C19H27N3O5S. The van der Waals surface area contributed by atoms with Crippen LogP contribution in [0.25, 0.3) is 0 Å². The number of nitrogens with zero attached hydrogens (tertiary/aromatic N) is 2. The maximum Gasteiger partial charge on any atom is 0.258 e. The molecule has 9 heteroatoms. The summed E-state index contributed by atoms with van der Waals surface area (Å²) in [5.74, 6) is 0.701. The number of carbonyl (C=O) groups excluding carboxylic acids is 1. The van der Waals surface area contributed by atoms with Crippen molar-refractivity contribution in [2.75, 3.05) is 32.1 Å². The van der Waals surface area contributed by atoms with E-state index < -0.39 is 10.0 Å². The van der Waals surface area contributed by atoms with Crippen LogP contribution in [0.1, 0.15) is 38.7 Å². The Morgan fingerprint density at radius 2 is 1.96 bits per heavy atom. The van der Waals surface area contributed by atoms with E-state index in [4.69, 9.17) is 14.7 Å². The van der Waals surface area contributed by atoms with Crippen molar-refractivity contribution < 1.29 is 22.7 Å². The van der Waals surface area contributed by atoms with Crippen LogP contribution in [0.3, 0.4) is 0 Å².